The number of benzene rings is 4. The molecule has 4 rings (SSSR count). The molecule has 0 aliphatic heterocycles. The number of nitrogens with one attached hydrogen (secondary N) is 1. The van der Waals surface area contributed by atoms with Crippen LogP contribution in [-0.4, -0.2) is 51.9 Å². The number of ether oxygens (including phenoxy) is 1. The van der Waals surface area contributed by atoms with Crippen LogP contribution in [0.15, 0.2) is 102 Å². The second-order valence-corrected chi connectivity index (χ2v) is 12.3. The molecule has 0 aliphatic carbocycles. The largest absolute Gasteiger partial charge is 0.495 e. The molecule has 0 spiro atoms. The first-order chi connectivity index (χ1) is 21.0. The van der Waals surface area contributed by atoms with E-state index in [-0.39, 0.29) is 34.9 Å². The summed E-state index contributed by atoms with van der Waals surface area (Å²) in [6.07, 6.45) is 0.124. The molecule has 10 heteroatoms. The summed E-state index contributed by atoms with van der Waals surface area (Å²) in [5.74, 6) is -1.48. The van der Waals surface area contributed by atoms with Gasteiger partial charge in [0.2, 0.25) is 11.8 Å². The van der Waals surface area contributed by atoms with E-state index in [1.54, 1.807) is 43.3 Å². The Labute approximate surface area is 258 Å². The van der Waals surface area contributed by atoms with Crippen molar-refractivity contribution in [2.75, 3.05) is 25.0 Å². The molecule has 0 saturated carbocycles. The molecule has 0 bridgehead atoms. The topological polar surface area (TPSA) is 96.0 Å². The van der Waals surface area contributed by atoms with Crippen LogP contribution in [-0.2, 0) is 32.6 Å². The van der Waals surface area contributed by atoms with Crippen LogP contribution < -0.4 is 14.4 Å². The number of aryl methyl sites for hydroxylation is 2. The van der Waals surface area contributed by atoms with Gasteiger partial charge in [-0.05, 0) is 55.3 Å². The first-order valence-corrected chi connectivity index (χ1v) is 15.5. The molecular weight excluding hydrogens is 581 g/mol. The lowest BCUT2D eigenvalue weighted by Crippen LogP contribution is -2.53. The molecule has 44 heavy (non-hydrogen) atoms. The third-order valence-corrected chi connectivity index (χ3v) is 9.08. The number of nitrogens with zero attached hydrogens (tertiary/aromatic N) is 2. The zero-order valence-corrected chi connectivity index (χ0v) is 26.0. The number of halogens is 1. The van der Waals surface area contributed by atoms with Gasteiger partial charge < -0.3 is 15.0 Å². The van der Waals surface area contributed by atoms with E-state index in [0.29, 0.717) is 0 Å². The number of carbonyl (C=O) groups is 2. The quantitative estimate of drug-likeness (QED) is 0.241. The average molecular weight is 618 g/mol. The van der Waals surface area contributed by atoms with E-state index in [9.17, 15) is 22.4 Å². The Kier molecular flexibility index (Phi) is 10.4. The molecule has 0 aromatic heterocycles. The fourth-order valence-electron chi connectivity index (χ4n) is 4.88. The van der Waals surface area contributed by atoms with Gasteiger partial charge in [0.1, 0.15) is 24.2 Å². The molecule has 0 fully saturated rings. The molecule has 2 amide bonds. The Morgan fingerprint density at radius 2 is 1.52 bits per heavy atom. The van der Waals surface area contributed by atoms with Gasteiger partial charge in [0, 0.05) is 25.6 Å². The van der Waals surface area contributed by atoms with Crippen molar-refractivity contribution < 1.29 is 27.1 Å². The fourth-order valence-corrected chi connectivity index (χ4v) is 6.29. The molecule has 230 valence electrons. The van der Waals surface area contributed by atoms with Crippen molar-refractivity contribution in [3.8, 4) is 5.75 Å². The molecule has 0 aliphatic rings. The van der Waals surface area contributed by atoms with Gasteiger partial charge in [0.25, 0.3) is 10.0 Å². The number of amides is 2. The molecule has 8 nitrogen and oxygen atoms in total. The van der Waals surface area contributed by atoms with Crippen LogP contribution in [0.5, 0.6) is 5.75 Å². The third-order valence-electron chi connectivity index (χ3n) is 7.31. The summed E-state index contributed by atoms with van der Waals surface area (Å²) >= 11 is 0. The van der Waals surface area contributed by atoms with Crippen molar-refractivity contribution in [1.29, 1.82) is 0 Å². The zero-order valence-electron chi connectivity index (χ0n) is 25.2. The van der Waals surface area contributed by atoms with E-state index in [1.165, 1.54) is 49.4 Å². The smallest absolute Gasteiger partial charge is 0.264 e. The summed E-state index contributed by atoms with van der Waals surface area (Å²) in [4.78, 5) is 28.9. The van der Waals surface area contributed by atoms with Crippen molar-refractivity contribution >= 4 is 27.5 Å². The standard InChI is InChI=1S/C34H36FN3O5S/c1-24-14-17-28(18-15-24)44(41,42)38(30-20-25(2)16-19-32(30)43-4)23-33(39)37(22-27-12-8-9-13-29(27)35)31(34(40)36-3)21-26-10-6-5-7-11-26/h5-20,31H,21-23H2,1-4H3,(H,36,40)/t31-/m1/s1. The van der Waals surface area contributed by atoms with E-state index in [4.69, 9.17) is 4.74 Å². The lowest BCUT2D eigenvalue weighted by molar-refractivity contribution is -0.139. The number of likely N-dealkylation sites (N-methyl/N-ethyl adjacent to an activating group) is 1. The van der Waals surface area contributed by atoms with Crippen LogP contribution in [0.1, 0.15) is 22.3 Å². The predicted molar refractivity (Wildman–Crippen MR) is 168 cm³/mol. The maximum absolute atomic E-state index is 14.9. The molecular formula is C34H36FN3O5S. The Hall–Kier alpha value is -4.70. The Bertz CT molecular complexity index is 1710. The maximum Gasteiger partial charge on any atom is 0.264 e. The fraction of sp³-hybridized carbons (Fsp3) is 0.235. The van der Waals surface area contributed by atoms with E-state index in [1.807, 2.05) is 37.3 Å². The predicted octanol–water partition coefficient (Wildman–Crippen LogP) is 5.03. The second kappa shape index (κ2) is 14.2. The first kappa shape index (κ1) is 32.2. The molecule has 1 atom stereocenters. The van der Waals surface area contributed by atoms with Crippen LogP contribution in [0.3, 0.4) is 0 Å². The minimum absolute atomic E-state index is 0.0211. The van der Waals surface area contributed by atoms with Gasteiger partial charge >= 0.3 is 0 Å². The van der Waals surface area contributed by atoms with E-state index >= 15 is 0 Å². The van der Waals surface area contributed by atoms with Crippen LogP contribution in [0, 0.1) is 19.7 Å². The molecule has 0 unspecified atom stereocenters. The third kappa shape index (κ3) is 7.44. The highest BCUT2D eigenvalue weighted by Gasteiger charge is 2.35. The summed E-state index contributed by atoms with van der Waals surface area (Å²) in [6, 6.07) is 25.4. The van der Waals surface area contributed by atoms with Crippen molar-refractivity contribution in [3.05, 3.63) is 125 Å². The highest BCUT2D eigenvalue weighted by Crippen LogP contribution is 2.34. The summed E-state index contributed by atoms with van der Waals surface area (Å²) in [7, 11) is -1.44. The molecule has 0 saturated heterocycles. The van der Waals surface area contributed by atoms with Crippen molar-refractivity contribution in [1.82, 2.24) is 10.2 Å². The van der Waals surface area contributed by atoms with Gasteiger partial charge in [0.15, 0.2) is 0 Å². The van der Waals surface area contributed by atoms with E-state index in [2.05, 4.69) is 5.32 Å². The van der Waals surface area contributed by atoms with Crippen LogP contribution in [0.4, 0.5) is 10.1 Å². The second-order valence-electron chi connectivity index (χ2n) is 10.4. The number of sulfonamides is 1. The van der Waals surface area contributed by atoms with Gasteiger partial charge in [-0.2, -0.15) is 0 Å². The van der Waals surface area contributed by atoms with Gasteiger partial charge in [-0.25, -0.2) is 12.8 Å². The zero-order chi connectivity index (χ0) is 31.9. The number of hydrogen-bond acceptors (Lipinski definition) is 5. The van der Waals surface area contributed by atoms with Gasteiger partial charge in [-0.3, -0.25) is 13.9 Å². The van der Waals surface area contributed by atoms with Crippen molar-refractivity contribution in [3.63, 3.8) is 0 Å². The highest BCUT2D eigenvalue weighted by molar-refractivity contribution is 7.92. The summed E-state index contributed by atoms with van der Waals surface area (Å²) in [5, 5.41) is 2.61. The number of anilines is 1. The monoisotopic (exact) mass is 617 g/mol. The Balaban J connectivity index is 1.85. The van der Waals surface area contributed by atoms with Crippen molar-refractivity contribution in [2.24, 2.45) is 0 Å². The number of methoxy groups -OCH3 is 1. The minimum Gasteiger partial charge on any atom is -0.495 e. The SMILES string of the molecule is CNC(=O)[C@@H](Cc1ccccc1)N(Cc1ccccc1F)C(=O)CN(c1cc(C)ccc1OC)S(=O)(=O)c1ccc(C)cc1. The molecule has 1 N–H and O–H groups in total. The van der Waals surface area contributed by atoms with E-state index in [0.717, 1.165) is 21.0 Å². The first-order valence-electron chi connectivity index (χ1n) is 14.1. The van der Waals surface area contributed by atoms with Crippen LogP contribution in [0.2, 0.25) is 0 Å². The van der Waals surface area contributed by atoms with Gasteiger partial charge in [0.05, 0.1) is 17.7 Å². The maximum atomic E-state index is 14.9. The summed E-state index contributed by atoms with van der Waals surface area (Å²) in [5.41, 5.74) is 2.73. The molecule has 0 heterocycles. The summed E-state index contributed by atoms with van der Waals surface area (Å²) in [6.45, 7) is 2.70. The average Bonchev–Trinajstić information content (AvgIpc) is 3.02. The Morgan fingerprint density at radius 1 is 0.886 bits per heavy atom. The molecule has 0 radical (unpaired) electrons. The lowest BCUT2D eigenvalue weighted by atomic mass is 10.0. The normalized spacial score (nSPS) is 11.8. The Morgan fingerprint density at radius 3 is 2.16 bits per heavy atom. The van der Waals surface area contributed by atoms with Crippen LogP contribution >= 0.6 is 0 Å². The summed E-state index contributed by atoms with van der Waals surface area (Å²) < 4.78 is 49.9. The number of rotatable bonds is 12. The molecule has 4 aromatic rings. The minimum atomic E-state index is -4.31. The lowest BCUT2D eigenvalue weighted by Gasteiger charge is -2.34. The number of hydrogen-bond donors (Lipinski definition) is 1. The van der Waals surface area contributed by atoms with Crippen LogP contribution in [0.25, 0.3) is 0 Å². The van der Waals surface area contributed by atoms with Crippen molar-refractivity contribution in [2.45, 2.75) is 37.8 Å². The highest BCUT2D eigenvalue weighted by atomic mass is 32.2. The molecule has 4 aromatic carbocycles. The number of carbonyl (C=O) groups excluding carboxylic acids is 2. The van der Waals surface area contributed by atoms with Gasteiger partial charge in [-0.15, -0.1) is 0 Å². The van der Waals surface area contributed by atoms with Gasteiger partial charge in [-0.1, -0.05) is 72.3 Å². The van der Waals surface area contributed by atoms with E-state index < -0.39 is 40.2 Å².